The highest BCUT2D eigenvalue weighted by Gasteiger charge is 2.18. The molecule has 0 saturated heterocycles. The van der Waals surface area contributed by atoms with E-state index in [1.165, 1.54) is 12.1 Å². The summed E-state index contributed by atoms with van der Waals surface area (Å²) in [7, 11) is 1.15. The molecule has 0 bridgehead atoms. The van der Waals surface area contributed by atoms with Crippen molar-refractivity contribution in [1.29, 1.82) is 0 Å². The molecular formula is C16H16FN3O5. The molecule has 0 fully saturated rings. The van der Waals surface area contributed by atoms with Gasteiger partial charge in [0.15, 0.2) is 17.3 Å². The number of benzene rings is 1. The van der Waals surface area contributed by atoms with Crippen LogP contribution in [0.15, 0.2) is 24.3 Å². The highest BCUT2D eigenvalue weighted by Crippen LogP contribution is 2.29. The second-order valence-electron chi connectivity index (χ2n) is 4.77. The summed E-state index contributed by atoms with van der Waals surface area (Å²) in [6.07, 6.45) is 0. The minimum atomic E-state index is -0.856. The van der Waals surface area contributed by atoms with Gasteiger partial charge in [-0.2, -0.15) is 0 Å². The third-order valence-corrected chi connectivity index (χ3v) is 3.09. The SMILES string of the molecule is CCOC(=O)c1nc(Oc2cc(N)c(C(=O)OC)cc2F)ccc1N. The Kier molecular flexibility index (Phi) is 5.38. The van der Waals surface area contributed by atoms with E-state index >= 15 is 0 Å². The Labute approximate surface area is 142 Å². The summed E-state index contributed by atoms with van der Waals surface area (Å²) in [6, 6.07) is 4.73. The van der Waals surface area contributed by atoms with Gasteiger partial charge < -0.3 is 25.7 Å². The van der Waals surface area contributed by atoms with E-state index < -0.39 is 17.8 Å². The number of aromatic nitrogens is 1. The van der Waals surface area contributed by atoms with Crippen LogP contribution in [0.2, 0.25) is 0 Å². The standard InChI is InChI=1S/C16H16FN3O5/c1-3-24-16(22)14-10(18)4-5-13(20-14)25-12-7-11(19)8(6-9(12)17)15(21)23-2/h4-7H,3,18-19H2,1-2H3. The molecule has 1 heterocycles. The van der Waals surface area contributed by atoms with Gasteiger partial charge in [-0.05, 0) is 19.1 Å². The lowest BCUT2D eigenvalue weighted by molar-refractivity contribution is 0.0519. The fourth-order valence-corrected chi connectivity index (χ4v) is 1.92. The van der Waals surface area contributed by atoms with Gasteiger partial charge in [-0.1, -0.05) is 0 Å². The summed E-state index contributed by atoms with van der Waals surface area (Å²) in [4.78, 5) is 27.2. The first-order valence-electron chi connectivity index (χ1n) is 7.16. The van der Waals surface area contributed by atoms with Crippen LogP contribution in [-0.2, 0) is 9.47 Å². The van der Waals surface area contributed by atoms with E-state index in [-0.39, 0.29) is 40.9 Å². The number of hydrogen-bond donors (Lipinski definition) is 2. The molecule has 0 saturated carbocycles. The molecule has 9 heteroatoms. The molecule has 0 atom stereocenters. The number of nitrogens with two attached hydrogens (primary N) is 2. The van der Waals surface area contributed by atoms with Gasteiger partial charge in [0, 0.05) is 12.1 Å². The number of ether oxygens (including phenoxy) is 3. The number of carbonyl (C=O) groups is 2. The maximum atomic E-state index is 14.1. The second kappa shape index (κ2) is 7.47. The lowest BCUT2D eigenvalue weighted by atomic mass is 10.1. The molecule has 4 N–H and O–H groups in total. The van der Waals surface area contributed by atoms with Crippen molar-refractivity contribution in [2.24, 2.45) is 0 Å². The molecule has 1 aromatic carbocycles. The van der Waals surface area contributed by atoms with E-state index in [0.717, 1.165) is 19.2 Å². The lowest BCUT2D eigenvalue weighted by Gasteiger charge is -2.11. The summed E-state index contributed by atoms with van der Waals surface area (Å²) < 4.78 is 28.8. The third kappa shape index (κ3) is 3.94. The van der Waals surface area contributed by atoms with E-state index in [0.29, 0.717) is 0 Å². The van der Waals surface area contributed by atoms with Crippen molar-refractivity contribution in [3.8, 4) is 11.6 Å². The van der Waals surface area contributed by atoms with Crippen molar-refractivity contribution in [3.05, 3.63) is 41.3 Å². The average molecular weight is 349 g/mol. The van der Waals surface area contributed by atoms with Crippen LogP contribution in [0.4, 0.5) is 15.8 Å². The number of rotatable bonds is 5. The first kappa shape index (κ1) is 18.0. The molecule has 0 amide bonds. The van der Waals surface area contributed by atoms with E-state index in [1.807, 2.05) is 0 Å². The number of halogens is 1. The van der Waals surface area contributed by atoms with Crippen LogP contribution < -0.4 is 16.2 Å². The Morgan fingerprint density at radius 1 is 1.16 bits per heavy atom. The topological polar surface area (TPSA) is 127 Å². The van der Waals surface area contributed by atoms with Crippen molar-refractivity contribution >= 4 is 23.3 Å². The third-order valence-electron chi connectivity index (χ3n) is 3.09. The van der Waals surface area contributed by atoms with Gasteiger partial charge in [-0.25, -0.2) is 19.0 Å². The molecule has 0 unspecified atom stereocenters. The molecule has 0 spiro atoms. The number of methoxy groups -OCH3 is 1. The molecular weight excluding hydrogens is 333 g/mol. The number of esters is 2. The average Bonchev–Trinajstić information content (AvgIpc) is 2.58. The Balaban J connectivity index is 2.34. The zero-order valence-corrected chi connectivity index (χ0v) is 13.5. The molecule has 0 aliphatic rings. The minimum absolute atomic E-state index is 0.0377. The van der Waals surface area contributed by atoms with Crippen LogP contribution in [0, 0.1) is 5.82 Å². The van der Waals surface area contributed by atoms with E-state index in [1.54, 1.807) is 6.92 Å². The van der Waals surface area contributed by atoms with Crippen molar-refractivity contribution in [2.75, 3.05) is 25.2 Å². The van der Waals surface area contributed by atoms with Crippen LogP contribution in [0.25, 0.3) is 0 Å². The first-order chi connectivity index (χ1) is 11.9. The molecule has 0 radical (unpaired) electrons. The summed E-state index contributed by atoms with van der Waals surface area (Å²) >= 11 is 0. The van der Waals surface area contributed by atoms with Gasteiger partial charge >= 0.3 is 11.9 Å². The Morgan fingerprint density at radius 2 is 1.88 bits per heavy atom. The monoisotopic (exact) mass is 349 g/mol. The fraction of sp³-hybridized carbons (Fsp3) is 0.188. The van der Waals surface area contributed by atoms with E-state index in [9.17, 15) is 14.0 Å². The summed E-state index contributed by atoms with van der Waals surface area (Å²) in [5.41, 5.74) is 11.1. The summed E-state index contributed by atoms with van der Waals surface area (Å²) in [5.74, 6) is -2.74. The number of pyridine rings is 1. The normalized spacial score (nSPS) is 10.2. The highest BCUT2D eigenvalue weighted by atomic mass is 19.1. The zero-order valence-electron chi connectivity index (χ0n) is 13.5. The fourth-order valence-electron chi connectivity index (χ4n) is 1.92. The van der Waals surface area contributed by atoms with Crippen LogP contribution in [0.3, 0.4) is 0 Å². The lowest BCUT2D eigenvalue weighted by Crippen LogP contribution is -2.11. The van der Waals surface area contributed by atoms with Gasteiger partial charge in [0.2, 0.25) is 5.88 Å². The van der Waals surface area contributed by atoms with E-state index in [4.69, 9.17) is 20.9 Å². The number of nitrogens with zero attached hydrogens (tertiary/aromatic N) is 1. The molecule has 1 aromatic heterocycles. The van der Waals surface area contributed by atoms with E-state index in [2.05, 4.69) is 9.72 Å². The number of carbonyl (C=O) groups excluding carboxylic acids is 2. The Morgan fingerprint density at radius 3 is 2.52 bits per heavy atom. The largest absolute Gasteiger partial charge is 0.465 e. The zero-order chi connectivity index (χ0) is 18.6. The second-order valence-corrected chi connectivity index (χ2v) is 4.77. The number of hydrogen-bond acceptors (Lipinski definition) is 8. The van der Waals surface area contributed by atoms with Gasteiger partial charge in [0.05, 0.1) is 30.7 Å². The Hall–Kier alpha value is -3.36. The quantitative estimate of drug-likeness (QED) is 0.621. The van der Waals surface area contributed by atoms with Crippen LogP contribution >= 0.6 is 0 Å². The molecule has 132 valence electrons. The minimum Gasteiger partial charge on any atom is -0.465 e. The first-order valence-corrected chi connectivity index (χ1v) is 7.16. The van der Waals surface area contributed by atoms with Crippen LogP contribution in [0.1, 0.15) is 27.8 Å². The molecule has 2 rings (SSSR count). The number of anilines is 2. The van der Waals surface area contributed by atoms with Crippen molar-refractivity contribution in [3.63, 3.8) is 0 Å². The predicted octanol–water partition coefficient (Wildman–Crippen LogP) is 2.14. The van der Waals surface area contributed by atoms with Crippen molar-refractivity contribution in [2.45, 2.75) is 6.92 Å². The molecule has 25 heavy (non-hydrogen) atoms. The summed E-state index contributed by atoms with van der Waals surface area (Å²) in [6.45, 7) is 1.78. The predicted molar refractivity (Wildman–Crippen MR) is 86.8 cm³/mol. The van der Waals surface area contributed by atoms with Crippen LogP contribution in [0.5, 0.6) is 11.6 Å². The molecule has 2 aromatic rings. The maximum absolute atomic E-state index is 14.1. The number of nitrogen functional groups attached to an aromatic ring is 2. The van der Waals surface area contributed by atoms with Gasteiger partial charge in [-0.15, -0.1) is 0 Å². The van der Waals surface area contributed by atoms with Crippen LogP contribution in [-0.4, -0.2) is 30.6 Å². The smallest absolute Gasteiger partial charge is 0.359 e. The Bertz CT molecular complexity index is 826. The molecule has 0 aliphatic carbocycles. The van der Waals surface area contributed by atoms with Gasteiger partial charge in [0.1, 0.15) is 0 Å². The molecule has 0 aliphatic heterocycles. The highest BCUT2D eigenvalue weighted by molar-refractivity contribution is 5.95. The van der Waals surface area contributed by atoms with Crippen molar-refractivity contribution in [1.82, 2.24) is 4.98 Å². The molecule has 8 nitrogen and oxygen atoms in total. The van der Waals surface area contributed by atoms with Gasteiger partial charge in [0.25, 0.3) is 0 Å². The maximum Gasteiger partial charge on any atom is 0.359 e. The van der Waals surface area contributed by atoms with Crippen molar-refractivity contribution < 1.29 is 28.2 Å². The summed E-state index contributed by atoms with van der Waals surface area (Å²) in [5, 5.41) is 0. The van der Waals surface area contributed by atoms with Gasteiger partial charge in [-0.3, -0.25) is 0 Å².